The second kappa shape index (κ2) is 5.59. The van der Waals surface area contributed by atoms with Gasteiger partial charge >= 0.3 is 6.09 Å². The van der Waals surface area contributed by atoms with Gasteiger partial charge in [0.2, 0.25) is 0 Å². The Morgan fingerprint density at radius 2 is 2.33 bits per heavy atom. The first-order valence-corrected chi connectivity index (χ1v) is 8.72. The first-order valence-electron chi connectivity index (χ1n) is 8.72. The number of carbonyl (C=O) groups is 1. The van der Waals surface area contributed by atoms with Crippen molar-refractivity contribution < 1.29 is 14.6 Å². The highest BCUT2D eigenvalue weighted by atomic mass is 16.5. The molecule has 5 atom stereocenters. The SMILES string of the molecule is C=C[C@@H]1CC[C@H]2[C@@H]3CCc4cnccc4[C@H]3N(C(=O)OC)C[C@]12O. The average molecular weight is 328 g/mol. The number of aliphatic hydroxyl groups is 1. The molecule has 1 aliphatic heterocycles. The van der Waals surface area contributed by atoms with Crippen LogP contribution in [0.2, 0.25) is 0 Å². The van der Waals surface area contributed by atoms with Crippen molar-refractivity contribution in [2.24, 2.45) is 17.8 Å². The van der Waals surface area contributed by atoms with Crippen LogP contribution in [0.15, 0.2) is 31.1 Å². The number of pyridine rings is 1. The Morgan fingerprint density at radius 1 is 1.50 bits per heavy atom. The highest BCUT2D eigenvalue weighted by Crippen LogP contribution is 2.56. The van der Waals surface area contributed by atoms with E-state index in [4.69, 9.17) is 4.74 Å². The Bertz CT molecular complexity index is 676. The van der Waals surface area contributed by atoms with Gasteiger partial charge in [-0.25, -0.2) is 4.79 Å². The molecule has 2 aliphatic carbocycles. The number of hydrogen-bond acceptors (Lipinski definition) is 4. The van der Waals surface area contributed by atoms with Crippen LogP contribution in [0.4, 0.5) is 4.79 Å². The third-order valence-electron chi connectivity index (χ3n) is 6.46. The molecule has 1 amide bonds. The Hall–Kier alpha value is -1.88. The average Bonchev–Trinajstić information content (AvgIpc) is 2.96. The number of methoxy groups -OCH3 is 1. The van der Waals surface area contributed by atoms with Crippen LogP contribution in [0, 0.1) is 17.8 Å². The minimum Gasteiger partial charge on any atom is -0.453 e. The number of likely N-dealkylation sites (tertiary alicyclic amines) is 1. The second-order valence-corrected chi connectivity index (χ2v) is 7.34. The van der Waals surface area contributed by atoms with Gasteiger partial charge in [0.1, 0.15) is 0 Å². The van der Waals surface area contributed by atoms with Crippen molar-refractivity contribution in [1.82, 2.24) is 9.88 Å². The smallest absolute Gasteiger partial charge is 0.410 e. The third-order valence-corrected chi connectivity index (χ3v) is 6.46. The van der Waals surface area contributed by atoms with Crippen molar-refractivity contribution in [3.8, 4) is 0 Å². The minimum absolute atomic E-state index is 0.0296. The van der Waals surface area contributed by atoms with Gasteiger partial charge in [-0.05, 0) is 54.7 Å². The zero-order chi connectivity index (χ0) is 16.9. The molecule has 0 unspecified atom stereocenters. The van der Waals surface area contributed by atoms with Gasteiger partial charge in [-0.15, -0.1) is 6.58 Å². The number of hydrogen-bond donors (Lipinski definition) is 1. The van der Waals surface area contributed by atoms with Crippen LogP contribution in [0.3, 0.4) is 0 Å². The standard InChI is InChI=1S/C19H24N2O3/c1-3-13-5-7-16-15-6-4-12-10-20-9-8-14(12)17(15)21(18(22)24-2)11-19(13,16)23/h3,8-10,13,15-17,23H,1,4-7,11H2,2H3/t13-,15+,16+,17-,19+/m1/s1. The summed E-state index contributed by atoms with van der Waals surface area (Å²) in [5.41, 5.74) is 1.48. The fraction of sp³-hybridized carbons (Fsp3) is 0.579. The molecular formula is C19H24N2O3. The molecule has 1 saturated heterocycles. The van der Waals surface area contributed by atoms with Crippen LogP contribution in [0.1, 0.15) is 36.4 Å². The third kappa shape index (κ3) is 2.04. The first-order chi connectivity index (χ1) is 11.6. The zero-order valence-electron chi connectivity index (χ0n) is 14.0. The first kappa shape index (κ1) is 15.6. The molecule has 1 aromatic rings. The Morgan fingerprint density at radius 3 is 3.08 bits per heavy atom. The van der Waals surface area contributed by atoms with E-state index in [0.717, 1.165) is 31.2 Å². The summed E-state index contributed by atoms with van der Waals surface area (Å²) >= 11 is 0. The van der Waals surface area contributed by atoms with Crippen molar-refractivity contribution >= 4 is 6.09 Å². The van der Waals surface area contributed by atoms with Gasteiger partial charge in [-0.3, -0.25) is 9.88 Å². The van der Waals surface area contributed by atoms with Gasteiger partial charge in [-0.1, -0.05) is 6.08 Å². The summed E-state index contributed by atoms with van der Waals surface area (Å²) in [5, 5.41) is 11.4. The summed E-state index contributed by atoms with van der Waals surface area (Å²) < 4.78 is 5.05. The van der Waals surface area contributed by atoms with Gasteiger partial charge in [0.05, 0.1) is 25.3 Å². The number of fused-ring (bicyclic) bond motifs is 5. The summed E-state index contributed by atoms with van der Waals surface area (Å²) in [6.07, 6.45) is 9.03. The molecule has 24 heavy (non-hydrogen) atoms. The van der Waals surface area contributed by atoms with Crippen LogP contribution in [-0.2, 0) is 11.2 Å². The van der Waals surface area contributed by atoms with E-state index in [1.54, 1.807) is 11.1 Å². The molecule has 5 heteroatoms. The summed E-state index contributed by atoms with van der Waals surface area (Å²) in [6.45, 7) is 4.22. The lowest BCUT2D eigenvalue weighted by Crippen LogP contribution is -2.61. The maximum Gasteiger partial charge on any atom is 0.410 e. The van der Waals surface area contributed by atoms with Crippen LogP contribution < -0.4 is 0 Å². The van der Waals surface area contributed by atoms with Crippen LogP contribution in [-0.4, -0.2) is 40.3 Å². The summed E-state index contributed by atoms with van der Waals surface area (Å²) in [4.78, 5) is 18.5. The van der Waals surface area contributed by atoms with Gasteiger partial charge in [0, 0.05) is 18.3 Å². The molecule has 0 bridgehead atoms. The predicted octanol–water partition coefficient (Wildman–Crippen LogP) is 2.71. The zero-order valence-corrected chi connectivity index (χ0v) is 14.0. The van der Waals surface area contributed by atoms with Crippen LogP contribution >= 0.6 is 0 Å². The number of ether oxygens (including phenoxy) is 1. The topological polar surface area (TPSA) is 62.7 Å². The molecule has 0 radical (unpaired) electrons. The number of rotatable bonds is 1. The van der Waals surface area contributed by atoms with Gasteiger partial charge in [-0.2, -0.15) is 0 Å². The van der Waals surface area contributed by atoms with Gasteiger partial charge in [0.15, 0.2) is 0 Å². The van der Waals surface area contributed by atoms with Crippen molar-refractivity contribution in [3.05, 3.63) is 42.2 Å². The lowest BCUT2D eigenvalue weighted by molar-refractivity contribution is -0.122. The summed E-state index contributed by atoms with van der Waals surface area (Å²) in [7, 11) is 1.41. The Balaban J connectivity index is 1.81. The fourth-order valence-electron chi connectivity index (χ4n) is 5.41. The van der Waals surface area contributed by atoms with Crippen molar-refractivity contribution in [2.45, 2.75) is 37.3 Å². The lowest BCUT2D eigenvalue weighted by Gasteiger charge is -2.53. The molecule has 4 rings (SSSR count). The number of aryl methyl sites for hydroxylation is 1. The maximum absolute atomic E-state index is 12.5. The highest BCUT2D eigenvalue weighted by molar-refractivity contribution is 5.69. The van der Waals surface area contributed by atoms with Crippen molar-refractivity contribution in [2.75, 3.05) is 13.7 Å². The normalized spacial score (nSPS) is 37.2. The number of piperidine rings is 1. The quantitative estimate of drug-likeness (QED) is 0.805. The fourth-order valence-corrected chi connectivity index (χ4v) is 5.41. The molecule has 1 N–H and O–H groups in total. The van der Waals surface area contributed by atoms with E-state index in [2.05, 4.69) is 11.6 Å². The van der Waals surface area contributed by atoms with E-state index in [1.165, 1.54) is 12.7 Å². The minimum atomic E-state index is -0.887. The maximum atomic E-state index is 12.5. The molecular weight excluding hydrogens is 304 g/mol. The number of amides is 1. The highest BCUT2D eigenvalue weighted by Gasteiger charge is 2.59. The summed E-state index contributed by atoms with van der Waals surface area (Å²) in [6, 6.07) is 1.99. The monoisotopic (exact) mass is 328 g/mol. The van der Waals surface area contributed by atoms with Crippen LogP contribution in [0.25, 0.3) is 0 Å². The number of carbonyl (C=O) groups excluding carboxylic acids is 1. The molecule has 1 aromatic heterocycles. The van der Waals surface area contributed by atoms with Gasteiger partial charge < -0.3 is 9.84 Å². The van der Waals surface area contributed by atoms with Gasteiger partial charge in [0.25, 0.3) is 0 Å². The molecule has 5 nitrogen and oxygen atoms in total. The van der Waals surface area contributed by atoms with Crippen molar-refractivity contribution in [1.29, 1.82) is 0 Å². The molecule has 128 valence electrons. The molecule has 2 heterocycles. The molecule has 1 saturated carbocycles. The lowest BCUT2D eigenvalue weighted by atomic mass is 9.64. The molecule has 0 spiro atoms. The van der Waals surface area contributed by atoms with E-state index in [9.17, 15) is 9.90 Å². The van der Waals surface area contributed by atoms with Crippen molar-refractivity contribution in [3.63, 3.8) is 0 Å². The number of aromatic nitrogens is 1. The number of β-amino-alcohol motifs (C(OH)–C–C–N with tert-alkyl or cyclic N) is 1. The summed E-state index contributed by atoms with van der Waals surface area (Å²) in [5.74, 6) is 0.491. The van der Waals surface area contributed by atoms with E-state index >= 15 is 0 Å². The molecule has 3 aliphatic rings. The van der Waals surface area contributed by atoms with E-state index in [1.807, 2.05) is 18.3 Å². The molecule has 0 aromatic carbocycles. The van der Waals surface area contributed by atoms with Crippen LogP contribution in [0.5, 0.6) is 0 Å². The van der Waals surface area contributed by atoms with E-state index in [-0.39, 0.29) is 29.9 Å². The Labute approximate surface area is 142 Å². The largest absolute Gasteiger partial charge is 0.453 e. The Kier molecular flexibility index (Phi) is 3.64. The second-order valence-electron chi connectivity index (χ2n) is 7.34. The predicted molar refractivity (Wildman–Crippen MR) is 89.3 cm³/mol. The molecule has 2 fully saturated rings. The van der Waals surface area contributed by atoms with E-state index in [0.29, 0.717) is 6.54 Å². The number of nitrogens with zero attached hydrogens (tertiary/aromatic N) is 2. The van der Waals surface area contributed by atoms with E-state index < -0.39 is 5.60 Å².